The number of rotatable bonds is 9. The molecular weight excluding hydrogens is 448 g/mol. The Balaban J connectivity index is 2.24. The highest BCUT2D eigenvalue weighted by atomic mass is 32.2. The van der Waals surface area contributed by atoms with Crippen LogP contribution in [0.1, 0.15) is 47.5 Å². The summed E-state index contributed by atoms with van der Waals surface area (Å²) in [5.41, 5.74) is 7.94. The van der Waals surface area contributed by atoms with Gasteiger partial charge in [-0.3, -0.25) is 14.7 Å². The van der Waals surface area contributed by atoms with Gasteiger partial charge in [0.1, 0.15) is 0 Å². The highest BCUT2D eigenvalue weighted by Crippen LogP contribution is 2.39. The number of piperazine rings is 1. The first kappa shape index (κ1) is 27.8. The average Bonchev–Trinajstić information content (AvgIpc) is 3.24. The first-order valence-electron chi connectivity index (χ1n) is 12.4. The molecule has 2 heterocycles. The van der Waals surface area contributed by atoms with Gasteiger partial charge in [-0.2, -0.15) is 0 Å². The van der Waals surface area contributed by atoms with Gasteiger partial charge in [-0.25, -0.2) is 4.79 Å². The van der Waals surface area contributed by atoms with Gasteiger partial charge in [0.05, 0.1) is 11.2 Å². The van der Waals surface area contributed by atoms with Crippen LogP contribution in [0.25, 0.3) is 0 Å². The van der Waals surface area contributed by atoms with E-state index in [0.29, 0.717) is 13.1 Å². The Hall–Kier alpha value is -2.42. The van der Waals surface area contributed by atoms with Gasteiger partial charge in [0.2, 0.25) is 0 Å². The number of allylic oxidation sites excluding steroid dienone is 2. The van der Waals surface area contributed by atoms with Crippen LogP contribution in [0.3, 0.4) is 0 Å². The van der Waals surface area contributed by atoms with Crippen molar-refractivity contribution in [1.82, 2.24) is 19.6 Å². The Morgan fingerprint density at radius 1 is 1.24 bits per heavy atom. The number of aliphatic imine (C=N–C) groups is 1. The van der Waals surface area contributed by atoms with Crippen molar-refractivity contribution in [2.75, 3.05) is 46.3 Å². The number of nitrogens with two attached hydrogens (primary N) is 1. The smallest absolute Gasteiger partial charge is 0.320 e. The first-order chi connectivity index (χ1) is 16.3. The van der Waals surface area contributed by atoms with Gasteiger partial charge in [0.25, 0.3) is 5.91 Å². The van der Waals surface area contributed by atoms with Gasteiger partial charge in [-0.1, -0.05) is 13.8 Å². The summed E-state index contributed by atoms with van der Waals surface area (Å²) in [7, 11) is 1.68. The molecule has 190 valence electrons. The lowest BCUT2D eigenvalue weighted by atomic mass is 10.1. The van der Waals surface area contributed by atoms with Crippen LogP contribution in [-0.4, -0.2) is 95.5 Å². The van der Waals surface area contributed by atoms with Crippen LogP contribution in [0.2, 0.25) is 0 Å². The SMILES string of the molecule is CCCN(CC)C(=O)N1CCN(/C(C=CN)=C2\C=C(C(=O)N(C=NC)C(C)CC)SC2C)CC1. The van der Waals surface area contributed by atoms with Crippen LogP contribution in [-0.2, 0) is 4.79 Å². The Morgan fingerprint density at radius 2 is 1.88 bits per heavy atom. The number of urea groups is 1. The van der Waals surface area contributed by atoms with Gasteiger partial charge < -0.3 is 20.4 Å². The van der Waals surface area contributed by atoms with Crippen molar-refractivity contribution in [2.24, 2.45) is 10.7 Å². The molecular formula is C25H42N6O2S. The predicted molar refractivity (Wildman–Crippen MR) is 143 cm³/mol. The number of carbonyl (C=O) groups is 2. The molecule has 0 aromatic carbocycles. The van der Waals surface area contributed by atoms with Gasteiger partial charge >= 0.3 is 6.03 Å². The van der Waals surface area contributed by atoms with Crippen LogP contribution in [0.4, 0.5) is 4.79 Å². The second kappa shape index (κ2) is 13.5. The summed E-state index contributed by atoms with van der Waals surface area (Å²) in [6.45, 7) is 14.6. The molecule has 0 aromatic rings. The van der Waals surface area contributed by atoms with E-state index in [9.17, 15) is 9.59 Å². The molecule has 0 aromatic heterocycles. The Morgan fingerprint density at radius 3 is 2.41 bits per heavy atom. The third-order valence-electron chi connectivity index (χ3n) is 6.37. The minimum absolute atomic E-state index is 0.0196. The fourth-order valence-corrected chi connectivity index (χ4v) is 5.33. The van der Waals surface area contributed by atoms with Crippen LogP contribution in [0, 0.1) is 0 Å². The average molecular weight is 491 g/mol. The predicted octanol–water partition coefficient (Wildman–Crippen LogP) is 3.49. The summed E-state index contributed by atoms with van der Waals surface area (Å²) in [5.74, 6) is -0.0196. The van der Waals surface area contributed by atoms with Crippen LogP contribution < -0.4 is 5.73 Å². The zero-order valence-corrected chi connectivity index (χ0v) is 22.5. The molecule has 3 amide bonds. The number of nitrogens with zero attached hydrogens (tertiary/aromatic N) is 5. The zero-order chi connectivity index (χ0) is 25.3. The summed E-state index contributed by atoms with van der Waals surface area (Å²) < 4.78 is 0. The lowest BCUT2D eigenvalue weighted by molar-refractivity contribution is -0.123. The fourth-order valence-electron chi connectivity index (χ4n) is 4.23. The molecule has 1 saturated heterocycles. The second-order valence-electron chi connectivity index (χ2n) is 8.65. The van der Waals surface area contributed by atoms with Gasteiger partial charge in [-0.15, -0.1) is 11.8 Å². The molecule has 0 spiro atoms. The largest absolute Gasteiger partial charge is 0.405 e. The van der Waals surface area contributed by atoms with Crippen molar-refractivity contribution in [1.29, 1.82) is 0 Å². The minimum atomic E-state index is -0.0196. The number of thioether (sulfide) groups is 1. The first-order valence-corrected chi connectivity index (χ1v) is 13.2. The fraction of sp³-hybridized carbons (Fsp3) is 0.640. The summed E-state index contributed by atoms with van der Waals surface area (Å²) >= 11 is 1.58. The van der Waals surface area contributed by atoms with E-state index in [1.807, 2.05) is 35.8 Å². The van der Waals surface area contributed by atoms with E-state index in [0.717, 1.165) is 55.2 Å². The lowest BCUT2D eigenvalue weighted by Gasteiger charge is -2.39. The second-order valence-corrected chi connectivity index (χ2v) is 10.0. The van der Waals surface area contributed by atoms with E-state index >= 15 is 0 Å². The van der Waals surface area contributed by atoms with Crippen LogP contribution in [0.15, 0.2) is 39.5 Å². The summed E-state index contributed by atoms with van der Waals surface area (Å²) in [6, 6.07) is 0.193. The minimum Gasteiger partial charge on any atom is -0.405 e. The third kappa shape index (κ3) is 6.58. The number of hydrogen-bond donors (Lipinski definition) is 1. The molecule has 2 unspecified atom stereocenters. The zero-order valence-electron chi connectivity index (χ0n) is 21.7. The van der Waals surface area contributed by atoms with E-state index in [1.54, 1.807) is 36.2 Å². The Bertz CT molecular complexity index is 829. The van der Waals surface area contributed by atoms with E-state index < -0.39 is 0 Å². The van der Waals surface area contributed by atoms with E-state index in [4.69, 9.17) is 5.73 Å². The maximum absolute atomic E-state index is 13.3. The number of amides is 3. The Kier molecular flexibility index (Phi) is 11.0. The van der Waals surface area contributed by atoms with Crippen molar-refractivity contribution in [3.8, 4) is 0 Å². The third-order valence-corrected chi connectivity index (χ3v) is 7.52. The van der Waals surface area contributed by atoms with E-state index in [2.05, 4.69) is 30.7 Å². The van der Waals surface area contributed by atoms with Gasteiger partial charge in [0.15, 0.2) is 0 Å². The molecule has 2 atom stereocenters. The maximum atomic E-state index is 13.3. The van der Waals surface area contributed by atoms with Gasteiger partial charge in [-0.05, 0) is 57.5 Å². The molecule has 8 nitrogen and oxygen atoms in total. The molecule has 34 heavy (non-hydrogen) atoms. The summed E-state index contributed by atoms with van der Waals surface area (Å²) in [6.07, 6.45) is 8.91. The molecule has 1 fully saturated rings. The highest BCUT2D eigenvalue weighted by molar-refractivity contribution is 8.05. The van der Waals surface area contributed by atoms with Crippen LogP contribution >= 0.6 is 11.8 Å². The van der Waals surface area contributed by atoms with E-state index in [1.165, 1.54) is 0 Å². The van der Waals surface area contributed by atoms with Crippen molar-refractivity contribution in [2.45, 2.75) is 58.8 Å². The number of carbonyl (C=O) groups excluding carboxylic acids is 2. The highest BCUT2D eigenvalue weighted by Gasteiger charge is 2.32. The molecule has 0 saturated carbocycles. The molecule has 2 N–H and O–H groups in total. The maximum Gasteiger partial charge on any atom is 0.320 e. The van der Waals surface area contributed by atoms with Crippen molar-refractivity contribution in [3.63, 3.8) is 0 Å². The molecule has 2 aliphatic heterocycles. The molecule has 0 radical (unpaired) electrons. The molecule has 0 bridgehead atoms. The topological polar surface area (TPSA) is 85.5 Å². The lowest BCUT2D eigenvalue weighted by Crippen LogP contribution is -2.52. The molecule has 0 aliphatic carbocycles. The summed E-state index contributed by atoms with van der Waals surface area (Å²) in [5, 5.41) is 0.127. The normalized spacial score (nSPS) is 21.2. The summed E-state index contributed by atoms with van der Waals surface area (Å²) in [4.78, 5) is 38.8. The molecule has 2 rings (SSSR count). The Labute approximate surface area is 209 Å². The standard InChI is InChI=1S/C25H42N6O2S/c1-7-12-28(9-3)25(33)30-15-13-29(14-16-30)22(10-11-26)21-17-23(34-20(21)5)24(32)31(18-27-6)19(4)8-2/h10-11,17-20H,7-9,12-16,26H2,1-6H3/b11-10?,22-21+,27-18?. The van der Waals surface area contributed by atoms with Gasteiger partial charge in [0, 0.05) is 63.3 Å². The monoisotopic (exact) mass is 490 g/mol. The van der Waals surface area contributed by atoms with Crippen molar-refractivity contribution >= 4 is 30.0 Å². The van der Waals surface area contributed by atoms with E-state index in [-0.39, 0.29) is 23.2 Å². The molecule has 2 aliphatic rings. The van der Waals surface area contributed by atoms with Crippen molar-refractivity contribution < 1.29 is 9.59 Å². The van der Waals surface area contributed by atoms with Crippen LogP contribution in [0.5, 0.6) is 0 Å². The molecule has 9 heteroatoms. The number of hydrogen-bond acceptors (Lipinski definition) is 6. The quantitative estimate of drug-likeness (QED) is 0.395. The van der Waals surface area contributed by atoms with Crippen molar-refractivity contribution in [3.05, 3.63) is 34.5 Å².